The quantitative estimate of drug-likeness (QED) is 0.829. The third kappa shape index (κ3) is 3.08. The van der Waals surface area contributed by atoms with Crippen molar-refractivity contribution in [3.63, 3.8) is 0 Å². The highest BCUT2D eigenvalue weighted by Gasteiger charge is 2.40. The molecule has 0 saturated carbocycles. The van der Waals surface area contributed by atoms with Crippen molar-refractivity contribution in [1.29, 1.82) is 0 Å². The molecule has 0 unspecified atom stereocenters. The lowest BCUT2D eigenvalue weighted by atomic mass is 10.2. The molecule has 4 N–H and O–H groups in total. The van der Waals surface area contributed by atoms with Gasteiger partial charge in [0.2, 0.25) is 5.88 Å². The van der Waals surface area contributed by atoms with Gasteiger partial charge in [-0.25, -0.2) is 4.39 Å². The smallest absolute Gasteiger partial charge is 0.412 e. The van der Waals surface area contributed by atoms with Crippen LogP contribution in [-0.2, 0) is 6.18 Å². The molecule has 0 aliphatic heterocycles. The molecule has 1 rings (SSSR count). The van der Waals surface area contributed by atoms with E-state index >= 15 is 0 Å². The van der Waals surface area contributed by atoms with Gasteiger partial charge in [0.1, 0.15) is 5.56 Å². The van der Waals surface area contributed by atoms with Crippen LogP contribution in [0.5, 0.6) is 5.88 Å². The molecule has 0 aromatic carbocycles. The van der Waals surface area contributed by atoms with Crippen molar-refractivity contribution in [2.75, 3.05) is 18.1 Å². The molecular weight excluding hydrogens is 268 g/mol. The molecule has 0 aliphatic carbocycles. The molecule has 18 heavy (non-hydrogen) atoms. The fourth-order valence-electron chi connectivity index (χ4n) is 0.975. The summed E-state index contributed by atoms with van der Waals surface area (Å²) in [5.74, 6) is -2.16. The molecule has 4 nitrogen and oxygen atoms in total. The Kier molecular flexibility index (Phi) is 3.49. The molecule has 1 heterocycles. The van der Waals surface area contributed by atoms with Crippen LogP contribution in [0.3, 0.4) is 0 Å². The van der Waals surface area contributed by atoms with Crippen LogP contribution in [0.4, 0.5) is 37.8 Å². The van der Waals surface area contributed by atoms with Crippen molar-refractivity contribution in [3.05, 3.63) is 11.6 Å². The summed E-state index contributed by atoms with van der Waals surface area (Å²) in [6, 6.07) is 0.284. The molecule has 0 bridgehead atoms. The highest BCUT2D eigenvalue weighted by Crippen LogP contribution is 2.39. The second-order valence-electron chi connectivity index (χ2n) is 3.19. The average Bonchev–Trinajstić information content (AvgIpc) is 2.21. The van der Waals surface area contributed by atoms with Gasteiger partial charge in [-0.3, -0.25) is 0 Å². The van der Waals surface area contributed by atoms with Crippen LogP contribution in [0.15, 0.2) is 6.07 Å². The number of nitrogen functional groups attached to an aromatic ring is 2. The summed E-state index contributed by atoms with van der Waals surface area (Å²) >= 11 is 0. The van der Waals surface area contributed by atoms with E-state index in [4.69, 9.17) is 11.5 Å². The number of hydrogen-bond donors (Lipinski definition) is 2. The number of ether oxygens (including phenoxy) is 1. The summed E-state index contributed by atoms with van der Waals surface area (Å²) < 4.78 is 78.0. The number of nitrogens with zero attached hydrogens (tertiary/aromatic N) is 1. The molecule has 0 atom stereocenters. The zero-order valence-electron chi connectivity index (χ0n) is 8.56. The van der Waals surface area contributed by atoms with Gasteiger partial charge in [0, 0.05) is 0 Å². The number of aromatic nitrogens is 1. The molecule has 0 saturated heterocycles. The van der Waals surface area contributed by atoms with Gasteiger partial charge in [0.05, 0.1) is 5.69 Å². The van der Waals surface area contributed by atoms with E-state index in [1.165, 1.54) is 0 Å². The molecule has 0 fully saturated rings. The Morgan fingerprint density at radius 3 is 2.17 bits per heavy atom. The molecule has 10 heteroatoms. The lowest BCUT2D eigenvalue weighted by Gasteiger charge is -2.18. The first kappa shape index (κ1) is 14.2. The summed E-state index contributed by atoms with van der Waals surface area (Å²) in [5, 5.41) is 0. The Morgan fingerprint density at radius 2 is 1.72 bits per heavy atom. The predicted molar refractivity (Wildman–Crippen MR) is 49.6 cm³/mol. The minimum absolute atomic E-state index is 0.284. The van der Waals surface area contributed by atoms with Crippen molar-refractivity contribution in [2.45, 2.75) is 12.3 Å². The normalized spacial score (nSPS) is 12.6. The lowest BCUT2D eigenvalue weighted by molar-refractivity contribution is -0.194. The third-order valence-electron chi connectivity index (χ3n) is 1.75. The Hall–Kier alpha value is -1.87. The van der Waals surface area contributed by atoms with Crippen molar-refractivity contribution in [2.24, 2.45) is 0 Å². The summed E-state index contributed by atoms with van der Waals surface area (Å²) in [6.07, 6.45) is -9.48. The predicted octanol–water partition coefficient (Wildman–Crippen LogP) is 2.21. The van der Waals surface area contributed by atoms with E-state index in [2.05, 4.69) is 9.72 Å². The zero-order valence-corrected chi connectivity index (χ0v) is 8.56. The minimum atomic E-state index is -5.05. The van der Waals surface area contributed by atoms with E-state index in [9.17, 15) is 26.3 Å². The number of pyridine rings is 1. The molecule has 0 amide bonds. The number of anilines is 2. The van der Waals surface area contributed by atoms with Gasteiger partial charge >= 0.3 is 12.3 Å². The molecule has 0 radical (unpaired) electrons. The Bertz CT molecular complexity index is 447. The average molecular weight is 275 g/mol. The first-order valence-electron chi connectivity index (χ1n) is 4.33. The first-order valence-corrected chi connectivity index (χ1v) is 4.33. The van der Waals surface area contributed by atoms with Crippen molar-refractivity contribution >= 4 is 11.5 Å². The Labute approximate surface area is 96.5 Å². The van der Waals surface area contributed by atoms with Gasteiger partial charge in [-0.1, -0.05) is 0 Å². The maximum absolute atomic E-state index is 12.6. The van der Waals surface area contributed by atoms with Crippen LogP contribution >= 0.6 is 0 Å². The summed E-state index contributed by atoms with van der Waals surface area (Å²) in [4.78, 5) is 2.94. The summed E-state index contributed by atoms with van der Waals surface area (Å²) in [6.45, 7) is -2.31. The van der Waals surface area contributed by atoms with E-state index in [0.717, 1.165) is 0 Å². The topological polar surface area (TPSA) is 74.2 Å². The fourth-order valence-corrected chi connectivity index (χ4v) is 0.975. The zero-order chi connectivity index (χ0) is 14.1. The van der Waals surface area contributed by atoms with Gasteiger partial charge in [-0.15, -0.1) is 0 Å². The summed E-state index contributed by atoms with van der Waals surface area (Å²) in [5.41, 5.74) is 7.93. The fraction of sp³-hybridized carbons (Fsp3) is 0.375. The van der Waals surface area contributed by atoms with E-state index in [-0.39, 0.29) is 6.07 Å². The maximum Gasteiger partial charge on any atom is 0.428 e. The number of hydrogen-bond acceptors (Lipinski definition) is 4. The van der Waals surface area contributed by atoms with Gasteiger partial charge < -0.3 is 16.2 Å². The van der Waals surface area contributed by atoms with Crippen LogP contribution in [-0.4, -0.2) is 17.8 Å². The SMILES string of the molecule is Nc1cc(C(F)(F)F)c(OC(F)(F)CF)nc1N. The second kappa shape index (κ2) is 4.42. The molecule has 102 valence electrons. The molecule has 0 spiro atoms. The van der Waals surface area contributed by atoms with Crippen LogP contribution in [0.25, 0.3) is 0 Å². The Morgan fingerprint density at radius 1 is 1.17 bits per heavy atom. The van der Waals surface area contributed by atoms with Gasteiger partial charge in [0.15, 0.2) is 12.5 Å². The van der Waals surface area contributed by atoms with Crippen LogP contribution in [0.1, 0.15) is 5.56 Å². The number of rotatable bonds is 3. The van der Waals surface area contributed by atoms with E-state index < -0.39 is 41.9 Å². The minimum Gasteiger partial charge on any atom is -0.412 e. The highest BCUT2D eigenvalue weighted by molar-refractivity contribution is 5.61. The number of halogens is 6. The van der Waals surface area contributed by atoms with Gasteiger partial charge in [-0.2, -0.15) is 26.9 Å². The van der Waals surface area contributed by atoms with E-state index in [1.54, 1.807) is 0 Å². The standard InChI is InChI=1S/C8H7F6N3O/c9-2-7(10,11)18-6-3(8(12,13)14)1-4(15)5(16)17-6/h1H,2,15H2,(H2,16,17). The van der Waals surface area contributed by atoms with Crippen molar-refractivity contribution in [3.8, 4) is 5.88 Å². The number of alkyl halides is 6. The van der Waals surface area contributed by atoms with Gasteiger partial charge in [0.25, 0.3) is 0 Å². The molecule has 1 aromatic heterocycles. The second-order valence-corrected chi connectivity index (χ2v) is 3.19. The largest absolute Gasteiger partial charge is 0.428 e. The highest BCUT2D eigenvalue weighted by atomic mass is 19.4. The van der Waals surface area contributed by atoms with Crippen LogP contribution in [0.2, 0.25) is 0 Å². The monoisotopic (exact) mass is 275 g/mol. The molecule has 1 aromatic rings. The molecule has 0 aliphatic rings. The third-order valence-corrected chi connectivity index (χ3v) is 1.75. The van der Waals surface area contributed by atoms with E-state index in [0.29, 0.717) is 0 Å². The maximum atomic E-state index is 12.6. The van der Waals surface area contributed by atoms with Gasteiger partial charge in [-0.05, 0) is 6.07 Å². The molecular formula is C8H7F6N3O. The van der Waals surface area contributed by atoms with Crippen molar-refractivity contribution in [1.82, 2.24) is 4.98 Å². The van der Waals surface area contributed by atoms with E-state index in [1.807, 2.05) is 0 Å². The lowest BCUT2D eigenvalue weighted by Crippen LogP contribution is -2.29. The first-order chi connectivity index (χ1) is 8.07. The van der Waals surface area contributed by atoms with Crippen LogP contribution < -0.4 is 16.2 Å². The van der Waals surface area contributed by atoms with Crippen LogP contribution in [0, 0.1) is 0 Å². The Balaban J connectivity index is 3.29. The summed E-state index contributed by atoms with van der Waals surface area (Å²) in [7, 11) is 0. The van der Waals surface area contributed by atoms with Crippen molar-refractivity contribution < 1.29 is 31.1 Å². The number of nitrogens with two attached hydrogens (primary N) is 2.